The molecule has 1 aliphatic carbocycles. The van der Waals surface area contributed by atoms with E-state index in [9.17, 15) is 4.79 Å². The molecular formula is C13H23NO. The van der Waals surface area contributed by atoms with Crippen LogP contribution < -0.4 is 5.32 Å². The summed E-state index contributed by atoms with van der Waals surface area (Å²) in [6.45, 7) is 5.62. The lowest BCUT2D eigenvalue weighted by Gasteiger charge is -2.43. The number of amides is 1. The van der Waals surface area contributed by atoms with Crippen molar-refractivity contribution in [3.63, 3.8) is 0 Å². The van der Waals surface area contributed by atoms with Gasteiger partial charge in [-0.15, -0.1) is 0 Å². The third-order valence-corrected chi connectivity index (χ3v) is 4.58. The highest BCUT2D eigenvalue weighted by molar-refractivity contribution is 5.76. The maximum atomic E-state index is 11.2. The Balaban J connectivity index is 1.89. The molecule has 1 heterocycles. The summed E-state index contributed by atoms with van der Waals surface area (Å²) < 4.78 is 0. The number of hydrogen-bond donors (Lipinski definition) is 1. The van der Waals surface area contributed by atoms with Crippen molar-refractivity contribution < 1.29 is 4.79 Å². The van der Waals surface area contributed by atoms with E-state index in [1.807, 2.05) is 0 Å². The van der Waals surface area contributed by atoms with Crippen molar-refractivity contribution in [3.05, 3.63) is 0 Å². The molecule has 86 valence electrons. The zero-order valence-electron chi connectivity index (χ0n) is 10.0. The summed E-state index contributed by atoms with van der Waals surface area (Å²) in [6.07, 6.45) is 7.28. The van der Waals surface area contributed by atoms with Gasteiger partial charge in [0.1, 0.15) is 0 Å². The molecule has 2 heteroatoms. The van der Waals surface area contributed by atoms with Crippen LogP contribution in [0.4, 0.5) is 0 Å². The second-order valence-electron chi connectivity index (χ2n) is 5.86. The predicted octanol–water partition coefficient (Wildman–Crippen LogP) is 2.73. The number of piperidine rings is 1. The van der Waals surface area contributed by atoms with E-state index >= 15 is 0 Å². The highest BCUT2D eigenvalue weighted by atomic mass is 16.1. The first kappa shape index (κ1) is 11.0. The number of nitrogens with one attached hydrogen (secondary N) is 1. The van der Waals surface area contributed by atoms with E-state index < -0.39 is 0 Å². The van der Waals surface area contributed by atoms with Crippen molar-refractivity contribution >= 4 is 5.91 Å². The number of carbonyl (C=O) groups is 1. The largest absolute Gasteiger partial charge is 0.356 e. The molecule has 0 aromatic rings. The van der Waals surface area contributed by atoms with Crippen molar-refractivity contribution in [1.82, 2.24) is 5.32 Å². The summed E-state index contributed by atoms with van der Waals surface area (Å²) in [5.74, 6) is 2.01. The molecule has 2 rings (SSSR count). The summed E-state index contributed by atoms with van der Waals surface area (Å²) in [4.78, 5) is 11.2. The highest BCUT2D eigenvalue weighted by Crippen LogP contribution is 2.45. The Labute approximate surface area is 92.8 Å². The third kappa shape index (κ3) is 2.35. The van der Waals surface area contributed by atoms with E-state index in [-0.39, 0.29) is 5.91 Å². The van der Waals surface area contributed by atoms with Crippen LogP contribution in [0.3, 0.4) is 0 Å². The summed E-state index contributed by atoms with van der Waals surface area (Å²) in [5.41, 5.74) is 0.472. The Morgan fingerprint density at radius 3 is 2.40 bits per heavy atom. The Bertz CT molecular complexity index is 227. The Morgan fingerprint density at radius 1 is 1.27 bits per heavy atom. The van der Waals surface area contributed by atoms with Gasteiger partial charge in [0, 0.05) is 13.0 Å². The molecule has 1 spiro atoms. The third-order valence-electron chi connectivity index (χ3n) is 4.58. The lowest BCUT2D eigenvalue weighted by molar-refractivity contribution is -0.125. The van der Waals surface area contributed by atoms with E-state index in [1.165, 1.54) is 25.7 Å². The summed E-state index contributed by atoms with van der Waals surface area (Å²) in [7, 11) is 0. The summed E-state index contributed by atoms with van der Waals surface area (Å²) in [5, 5.41) is 3.05. The van der Waals surface area contributed by atoms with Crippen LogP contribution in [0.1, 0.15) is 52.4 Å². The zero-order chi connectivity index (χ0) is 10.9. The van der Waals surface area contributed by atoms with Gasteiger partial charge in [0.15, 0.2) is 0 Å². The summed E-state index contributed by atoms with van der Waals surface area (Å²) >= 11 is 0. The topological polar surface area (TPSA) is 29.1 Å². The standard InChI is InChI=1S/C13H23NO/c1-10(2)11-3-6-13(7-4-11)8-5-12(15)14-9-13/h10-11H,3-9H2,1-2H3,(H,14,15). The molecule has 0 radical (unpaired) electrons. The van der Waals surface area contributed by atoms with Gasteiger partial charge in [-0.2, -0.15) is 0 Å². The van der Waals surface area contributed by atoms with Crippen molar-refractivity contribution in [2.45, 2.75) is 52.4 Å². The molecule has 0 aromatic carbocycles. The van der Waals surface area contributed by atoms with Gasteiger partial charge >= 0.3 is 0 Å². The molecular weight excluding hydrogens is 186 g/mol. The van der Waals surface area contributed by atoms with E-state index in [4.69, 9.17) is 0 Å². The molecule has 2 fully saturated rings. The Hall–Kier alpha value is -0.530. The van der Waals surface area contributed by atoms with Crippen LogP contribution in [0.2, 0.25) is 0 Å². The molecule has 1 N–H and O–H groups in total. The molecule has 1 saturated carbocycles. The molecule has 0 unspecified atom stereocenters. The number of rotatable bonds is 1. The van der Waals surface area contributed by atoms with Gasteiger partial charge in [0.2, 0.25) is 5.91 Å². The quantitative estimate of drug-likeness (QED) is 0.707. The molecule has 1 saturated heterocycles. The van der Waals surface area contributed by atoms with Gasteiger partial charge in [-0.3, -0.25) is 4.79 Å². The molecule has 2 nitrogen and oxygen atoms in total. The van der Waals surface area contributed by atoms with Gasteiger partial charge < -0.3 is 5.32 Å². The molecule has 0 atom stereocenters. The van der Waals surface area contributed by atoms with E-state index in [0.717, 1.165) is 31.2 Å². The van der Waals surface area contributed by atoms with Crippen LogP contribution in [0, 0.1) is 17.3 Å². The van der Waals surface area contributed by atoms with E-state index in [1.54, 1.807) is 0 Å². The normalized spacial score (nSPS) is 37.0. The average molecular weight is 209 g/mol. The van der Waals surface area contributed by atoms with Crippen molar-refractivity contribution in [2.24, 2.45) is 17.3 Å². The monoisotopic (exact) mass is 209 g/mol. The first-order valence-corrected chi connectivity index (χ1v) is 6.38. The summed E-state index contributed by atoms with van der Waals surface area (Å²) in [6, 6.07) is 0. The molecule has 0 aromatic heterocycles. The SMILES string of the molecule is CC(C)C1CCC2(CCC(=O)NC2)CC1. The number of carbonyl (C=O) groups excluding carboxylic acids is 1. The minimum Gasteiger partial charge on any atom is -0.356 e. The van der Waals surface area contributed by atoms with Crippen LogP contribution in [0.25, 0.3) is 0 Å². The first-order chi connectivity index (χ1) is 7.11. The fourth-order valence-electron chi connectivity index (χ4n) is 3.19. The first-order valence-electron chi connectivity index (χ1n) is 6.38. The Morgan fingerprint density at radius 2 is 1.93 bits per heavy atom. The van der Waals surface area contributed by atoms with Gasteiger partial charge in [-0.05, 0) is 49.4 Å². The minimum atomic E-state index is 0.256. The maximum Gasteiger partial charge on any atom is 0.220 e. The molecule has 1 aliphatic heterocycles. The smallest absolute Gasteiger partial charge is 0.220 e. The molecule has 1 amide bonds. The van der Waals surface area contributed by atoms with E-state index in [2.05, 4.69) is 19.2 Å². The number of hydrogen-bond acceptors (Lipinski definition) is 1. The Kier molecular flexibility index (Phi) is 3.03. The van der Waals surface area contributed by atoms with Crippen LogP contribution in [-0.4, -0.2) is 12.5 Å². The van der Waals surface area contributed by atoms with Crippen LogP contribution in [0.5, 0.6) is 0 Å². The van der Waals surface area contributed by atoms with Crippen LogP contribution in [0.15, 0.2) is 0 Å². The lowest BCUT2D eigenvalue weighted by atomic mass is 9.65. The van der Waals surface area contributed by atoms with Crippen molar-refractivity contribution in [2.75, 3.05) is 6.54 Å². The second-order valence-corrected chi connectivity index (χ2v) is 5.86. The van der Waals surface area contributed by atoms with Crippen LogP contribution >= 0.6 is 0 Å². The lowest BCUT2D eigenvalue weighted by Crippen LogP contribution is -2.45. The van der Waals surface area contributed by atoms with E-state index in [0.29, 0.717) is 5.41 Å². The molecule has 0 bridgehead atoms. The fraction of sp³-hybridized carbons (Fsp3) is 0.923. The highest BCUT2D eigenvalue weighted by Gasteiger charge is 2.38. The van der Waals surface area contributed by atoms with Gasteiger partial charge in [0.05, 0.1) is 0 Å². The zero-order valence-corrected chi connectivity index (χ0v) is 10.0. The molecule has 2 aliphatic rings. The average Bonchev–Trinajstić information content (AvgIpc) is 2.24. The van der Waals surface area contributed by atoms with Gasteiger partial charge in [0.25, 0.3) is 0 Å². The van der Waals surface area contributed by atoms with Gasteiger partial charge in [-0.1, -0.05) is 13.8 Å². The maximum absolute atomic E-state index is 11.2. The van der Waals surface area contributed by atoms with Crippen molar-refractivity contribution in [3.8, 4) is 0 Å². The van der Waals surface area contributed by atoms with Crippen molar-refractivity contribution in [1.29, 1.82) is 0 Å². The van der Waals surface area contributed by atoms with Crippen LogP contribution in [-0.2, 0) is 4.79 Å². The fourth-order valence-corrected chi connectivity index (χ4v) is 3.19. The minimum absolute atomic E-state index is 0.256. The second kappa shape index (κ2) is 4.15. The molecule has 15 heavy (non-hydrogen) atoms. The van der Waals surface area contributed by atoms with Gasteiger partial charge in [-0.25, -0.2) is 0 Å². The predicted molar refractivity (Wildman–Crippen MR) is 61.5 cm³/mol.